The Hall–Kier alpha value is -1.22. The van der Waals surface area contributed by atoms with Crippen molar-refractivity contribution in [2.75, 3.05) is 17.6 Å². The van der Waals surface area contributed by atoms with Gasteiger partial charge in [-0.1, -0.05) is 6.07 Å². The molecule has 78 valence electrons. The van der Waals surface area contributed by atoms with Gasteiger partial charge in [-0.05, 0) is 38.0 Å². The van der Waals surface area contributed by atoms with Crippen molar-refractivity contribution in [2.45, 2.75) is 26.4 Å². The van der Waals surface area contributed by atoms with Crippen LogP contribution in [0.2, 0.25) is 0 Å². The average Bonchev–Trinajstić information content (AvgIpc) is 2.12. The van der Waals surface area contributed by atoms with E-state index < -0.39 is 0 Å². The van der Waals surface area contributed by atoms with Crippen LogP contribution in [0, 0.1) is 6.92 Å². The van der Waals surface area contributed by atoms with Crippen molar-refractivity contribution in [3.05, 3.63) is 23.8 Å². The average molecular weight is 194 g/mol. The van der Waals surface area contributed by atoms with Gasteiger partial charge in [0, 0.05) is 17.9 Å². The van der Waals surface area contributed by atoms with Gasteiger partial charge in [-0.15, -0.1) is 0 Å². The van der Waals surface area contributed by atoms with Crippen LogP contribution >= 0.6 is 0 Å². The lowest BCUT2D eigenvalue weighted by molar-refractivity contribution is 0.189. The number of aliphatic hydroxyl groups is 1. The lowest BCUT2D eigenvalue weighted by Crippen LogP contribution is -2.10. The van der Waals surface area contributed by atoms with Crippen LogP contribution in [0.4, 0.5) is 11.4 Å². The third-order valence-electron chi connectivity index (χ3n) is 2.25. The Morgan fingerprint density at radius 2 is 2.21 bits per heavy atom. The fourth-order valence-electron chi connectivity index (χ4n) is 1.26. The van der Waals surface area contributed by atoms with Gasteiger partial charge < -0.3 is 16.2 Å². The smallest absolute Gasteiger partial charge is 0.0528 e. The maximum atomic E-state index is 9.09. The standard InChI is InChI=1S/C11H18N2O/c1-8(14)6-7-13-11-5-3-4-10(12)9(11)2/h3-5,8,13-14H,6-7,12H2,1-2H3. The quantitative estimate of drug-likeness (QED) is 0.640. The first-order valence-corrected chi connectivity index (χ1v) is 4.88. The molecule has 0 saturated heterocycles. The maximum absolute atomic E-state index is 9.09. The summed E-state index contributed by atoms with van der Waals surface area (Å²) in [6, 6.07) is 5.80. The molecule has 0 aliphatic rings. The Morgan fingerprint density at radius 1 is 1.50 bits per heavy atom. The molecule has 4 N–H and O–H groups in total. The second kappa shape index (κ2) is 4.86. The first-order chi connectivity index (χ1) is 6.61. The third kappa shape index (κ3) is 2.92. The number of nitrogens with one attached hydrogen (secondary N) is 1. The molecule has 1 unspecified atom stereocenters. The van der Waals surface area contributed by atoms with E-state index in [2.05, 4.69) is 5.32 Å². The molecule has 0 amide bonds. The summed E-state index contributed by atoms with van der Waals surface area (Å²) in [4.78, 5) is 0. The van der Waals surface area contributed by atoms with Crippen molar-refractivity contribution in [1.82, 2.24) is 0 Å². The number of hydrogen-bond donors (Lipinski definition) is 3. The van der Waals surface area contributed by atoms with Crippen molar-refractivity contribution in [3.63, 3.8) is 0 Å². The van der Waals surface area contributed by atoms with E-state index in [1.54, 1.807) is 6.92 Å². The van der Waals surface area contributed by atoms with Crippen LogP contribution in [0.5, 0.6) is 0 Å². The molecular weight excluding hydrogens is 176 g/mol. The summed E-state index contributed by atoms with van der Waals surface area (Å²) in [6.45, 7) is 4.54. The van der Waals surface area contributed by atoms with Crippen molar-refractivity contribution in [2.24, 2.45) is 0 Å². The van der Waals surface area contributed by atoms with E-state index in [9.17, 15) is 0 Å². The van der Waals surface area contributed by atoms with Crippen LogP contribution in [-0.4, -0.2) is 17.8 Å². The van der Waals surface area contributed by atoms with Crippen LogP contribution in [0.1, 0.15) is 18.9 Å². The minimum atomic E-state index is -0.260. The molecule has 3 heteroatoms. The molecule has 0 bridgehead atoms. The van der Waals surface area contributed by atoms with Crippen molar-refractivity contribution >= 4 is 11.4 Å². The van der Waals surface area contributed by atoms with Gasteiger partial charge in [0.25, 0.3) is 0 Å². The van der Waals surface area contributed by atoms with E-state index >= 15 is 0 Å². The molecule has 1 aromatic carbocycles. The maximum Gasteiger partial charge on any atom is 0.0528 e. The minimum Gasteiger partial charge on any atom is -0.398 e. The predicted octanol–water partition coefficient (Wildman–Crippen LogP) is 1.76. The van der Waals surface area contributed by atoms with Crippen LogP contribution < -0.4 is 11.1 Å². The highest BCUT2D eigenvalue weighted by Gasteiger charge is 2.00. The topological polar surface area (TPSA) is 58.3 Å². The van der Waals surface area contributed by atoms with Gasteiger partial charge in [0.1, 0.15) is 0 Å². The molecule has 1 aromatic rings. The molecule has 0 aromatic heterocycles. The van der Waals surface area contributed by atoms with Crippen molar-refractivity contribution < 1.29 is 5.11 Å². The molecule has 0 spiro atoms. The molecular formula is C11H18N2O. The Bertz CT molecular complexity index is 297. The molecule has 1 atom stereocenters. The van der Waals surface area contributed by atoms with Crippen molar-refractivity contribution in [3.8, 4) is 0 Å². The monoisotopic (exact) mass is 194 g/mol. The fraction of sp³-hybridized carbons (Fsp3) is 0.455. The highest BCUT2D eigenvalue weighted by atomic mass is 16.3. The van der Waals surface area contributed by atoms with Crippen LogP contribution in [0.25, 0.3) is 0 Å². The number of hydrogen-bond acceptors (Lipinski definition) is 3. The van der Waals surface area contributed by atoms with Crippen LogP contribution in [0.15, 0.2) is 18.2 Å². The van der Waals surface area contributed by atoms with Crippen LogP contribution in [-0.2, 0) is 0 Å². The summed E-state index contributed by atoms with van der Waals surface area (Å²) in [5.74, 6) is 0. The largest absolute Gasteiger partial charge is 0.398 e. The Morgan fingerprint density at radius 3 is 2.86 bits per heavy atom. The normalized spacial score (nSPS) is 12.5. The summed E-state index contributed by atoms with van der Waals surface area (Å²) < 4.78 is 0. The summed E-state index contributed by atoms with van der Waals surface area (Å²) in [5.41, 5.74) is 8.68. The third-order valence-corrected chi connectivity index (χ3v) is 2.25. The van der Waals surface area contributed by atoms with Gasteiger partial charge in [0.15, 0.2) is 0 Å². The number of nitrogen functional groups attached to an aromatic ring is 1. The Kier molecular flexibility index (Phi) is 3.77. The highest BCUT2D eigenvalue weighted by molar-refractivity contribution is 5.62. The summed E-state index contributed by atoms with van der Waals surface area (Å²) in [6.07, 6.45) is 0.484. The number of nitrogens with two attached hydrogens (primary N) is 1. The van der Waals surface area contributed by atoms with Gasteiger partial charge in [0.05, 0.1) is 6.10 Å². The molecule has 0 radical (unpaired) electrons. The molecule has 0 aliphatic heterocycles. The van der Waals surface area contributed by atoms with E-state index in [0.29, 0.717) is 0 Å². The van der Waals surface area contributed by atoms with Gasteiger partial charge in [-0.25, -0.2) is 0 Å². The minimum absolute atomic E-state index is 0.260. The van der Waals surface area contributed by atoms with E-state index in [1.165, 1.54) is 0 Å². The number of anilines is 2. The van der Waals surface area contributed by atoms with Gasteiger partial charge in [-0.3, -0.25) is 0 Å². The van der Waals surface area contributed by atoms with Gasteiger partial charge in [-0.2, -0.15) is 0 Å². The van der Waals surface area contributed by atoms with E-state index in [1.807, 2.05) is 25.1 Å². The first-order valence-electron chi connectivity index (χ1n) is 4.88. The Labute approximate surface area is 84.9 Å². The molecule has 14 heavy (non-hydrogen) atoms. The second-order valence-corrected chi connectivity index (χ2v) is 3.58. The van der Waals surface area contributed by atoms with Gasteiger partial charge >= 0.3 is 0 Å². The number of aliphatic hydroxyl groups excluding tert-OH is 1. The fourth-order valence-corrected chi connectivity index (χ4v) is 1.26. The molecule has 0 heterocycles. The van der Waals surface area contributed by atoms with Gasteiger partial charge in [0.2, 0.25) is 0 Å². The zero-order chi connectivity index (χ0) is 10.6. The number of rotatable bonds is 4. The second-order valence-electron chi connectivity index (χ2n) is 3.58. The van der Waals surface area contributed by atoms with Crippen LogP contribution in [0.3, 0.4) is 0 Å². The molecule has 0 aliphatic carbocycles. The summed E-state index contributed by atoms with van der Waals surface area (Å²) in [5, 5.41) is 12.3. The van der Waals surface area contributed by atoms with E-state index in [4.69, 9.17) is 10.8 Å². The molecule has 0 fully saturated rings. The van der Waals surface area contributed by atoms with E-state index in [0.717, 1.165) is 29.9 Å². The number of benzene rings is 1. The zero-order valence-corrected chi connectivity index (χ0v) is 8.75. The zero-order valence-electron chi connectivity index (χ0n) is 8.75. The lowest BCUT2D eigenvalue weighted by atomic mass is 10.1. The lowest BCUT2D eigenvalue weighted by Gasteiger charge is -2.11. The molecule has 3 nitrogen and oxygen atoms in total. The van der Waals surface area contributed by atoms with Crippen molar-refractivity contribution in [1.29, 1.82) is 0 Å². The first kappa shape index (κ1) is 10.9. The molecule has 1 rings (SSSR count). The highest BCUT2D eigenvalue weighted by Crippen LogP contribution is 2.20. The van der Waals surface area contributed by atoms with E-state index in [-0.39, 0.29) is 6.10 Å². The SMILES string of the molecule is Cc1c(N)cccc1NCCC(C)O. The summed E-state index contributed by atoms with van der Waals surface area (Å²) in [7, 11) is 0. The Balaban J connectivity index is 2.54. The summed E-state index contributed by atoms with van der Waals surface area (Å²) >= 11 is 0. The molecule has 0 saturated carbocycles. The predicted molar refractivity (Wildman–Crippen MR) is 60.4 cm³/mol.